The minimum Gasteiger partial charge on any atom is -0.383 e. The Kier molecular flexibility index (Phi) is 4.44. The van der Waals surface area contributed by atoms with Gasteiger partial charge in [0.1, 0.15) is 0 Å². The van der Waals surface area contributed by atoms with Crippen LogP contribution in [-0.2, 0) is 4.74 Å². The lowest BCUT2D eigenvalue weighted by Crippen LogP contribution is -2.51. The Morgan fingerprint density at radius 2 is 2.12 bits per heavy atom. The fourth-order valence-electron chi connectivity index (χ4n) is 4.32. The molecule has 3 heterocycles. The third kappa shape index (κ3) is 2.78. The van der Waals surface area contributed by atoms with Crippen LogP contribution in [0, 0.1) is 13.8 Å². The lowest BCUT2D eigenvalue weighted by molar-refractivity contribution is 0.140. The van der Waals surface area contributed by atoms with E-state index >= 15 is 0 Å². The van der Waals surface area contributed by atoms with Gasteiger partial charge >= 0.3 is 6.03 Å². The number of nitrogens with zero attached hydrogens (tertiary/aromatic N) is 3. The van der Waals surface area contributed by atoms with Crippen molar-refractivity contribution >= 4 is 22.6 Å². The molecule has 26 heavy (non-hydrogen) atoms. The molecule has 4 rings (SSSR count). The summed E-state index contributed by atoms with van der Waals surface area (Å²) in [5.41, 5.74) is 4.58. The van der Waals surface area contributed by atoms with Crippen LogP contribution in [0.4, 0.5) is 10.5 Å². The molecule has 2 amide bonds. The Labute approximate surface area is 154 Å². The van der Waals surface area contributed by atoms with Crippen LogP contribution < -0.4 is 10.2 Å². The van der Waals surface area contributed by atoms with E-state index in [1.807, 2.05) is 11.0 Å². The summed E-state index contributed by atoms with van der Waals surface area (Å²) in [5, 5.41) is 4.36. The molecule has 6 nitrogen and oxygen atoms in total. The largest absolute Gasteiger partial charge is 0.383 e. The maximum Gasteiger partial charge on any atom is 0.318 e. The highest BCUT2D eigenvalue weighted by Crippen LogP contribution is 2.34. The summed E-state index contributed by atoms with van der Waals surface area (Å²) in [6, 6.07) is 8.76. The number of urea groups is 1. The van der Waals surface area contributed by atoms with Crippen LogP contribution in [0.25, 0.3) is 10.9 Å². The van der Waals surface area contributed by atoms with Crippen molar-refractivity contribution in [1.82, 2.24) is 15.2 Å². The number of pyridine rings is 1. The van der Waals surface area contributed by atoms with Crippen molar-refractivity contribution < 1.29 is 9.53 Å². The predicted molar refractivity (Wildman–Crippen MR) is 103 cm³/mol. The zero-order valence-electron chi connectivity index (χ0n) is 15.7. The number of fused-ring (bicyclic) bond motifs is 2. The van der Waals surface area contributed by atoms with Crippen LogP contribution in [-0.4, -0.2) is 61.3 Å². The van der Waals surface area contributed by atoms with Gasteiger partial charge in [-0.05, 0) is 31.9 Å². The van der Waals surface area contributed by atoms with Crippen LogP contribution in [0.15, 0.2) is 24.3 Å². The molecule has 1 aromatic heterocycles. The smallest absolute Gasteiger partial charge is 0.318 e. The third-order valence-electron chi connectivity index (χ3n) is 5.74. The number of nitrogens with one attached hydrogen (secondary N) is 1. The zero-order chi connectivity index (χ0) is 18.3. The van der Waals surface area contributed by atoms with E-state index in [1.165, 1.54) is 16.6 Å². The van der Waals surface area contributed by atoms with Crippen LogP contribution in [0.2, 0.25) is 0 Å². The van der Waals surface area contributed by atoms with Crippen molar-refractivity contribution in [2.75, 3.05) is 38.3 Å². The monoisotopic (exact) mass is 354 g/mol. The first kappa shape index (κ1) is 17.1. The number of benzene rings is 1. The van der Waals surface area contributed by atoms with Crippen LogP contribution >= 0.6 is 0 Å². The normalized spacial score (nSPS) is 22.7. The fraction of sp³-hybridized carbons (Fsp3) is 0.500. The van der Waals surface area contributed by atoms with Crippen molar-refractivity contribution in [2.24, 2.45) is 0 Å². The van der Waals surface area contributed by atoms with Gasteiger partial charge in [-0.2, -0.15) is 0 Å². The van der Waals surface area contributed by atoms with Crippen LogP contribution in [0.1, 0.15) is 17.7 Å². The number of aromatic nitrogens is 1. The van der Waals surface area contributed by atoms with Gasteiger partial charge in [0.2, 0.25) is 0 Å². The lowest BCUT2D eigenvalue weighted by Gasteiger charge is -2.39. The van der Waals surface area contributed by atoms with E-state index in [4.69, 9.17) is 9.72 Å². The number of amides is 2. The lowest BCUT2D eigenvalue weighted by atomic mass is 9.97. The molecule has 2 fully saturated rings. The van der Waals surface area contributed by atoms with E-state index in [2.05, 4.69) is 42.3 Å². The van der Waals surface area contributed by atoms with Gasteiger partial charge < -0.3 is 19.9 Å². The SMILES string of the molecule is COCCN1C(=O)N[C@@H]2CN(c3c(C)c(C)nc4ccccc34)CC[C@@H]21. The summed E-state index contributed by atoms with van der Waals surface area (Å²) < 4.78 is 5.16. The maximum atomic E-state index is 12.4. The van der Waals surface area contributed by atoms with Gasteiger partial charge in [0.15, 0.2) is 0 Å². The summed E-state index contributed by atoms with van der Waals surface area (Å²) >= 11 is 0. The van der Waals surface area contributed by atoms with Crippen LogP contribution in [0.5, 0.6) is 0 Å². The van der Waals surface area contributed by atoms with Gasteiger partial charge in [0, 0.05) is 37.8 Å². The zero-order valence-corrected chi connectivity index (χ0v) is 15.7. The molecule has 2 atom stereocenters. The Balaban J connectivity index is 1.63. The third-order valence-corrected chi connectivity index (χ3v) is 5.74. The van der Waals surface area contributed by atoms with Crippen molar-refractivity contribution in [3.05, 3.63) is 35.5 Å². The van der Waals surface area contributed by atoms with Crippen molar-refractivity contribution in [3.8, 4) is 0 Å². The quantitative estimate of drug-likeness (QED) is 0.916. The summed E-state index contributed by atoms with van der Waals surface area (Å²) in [4.78, 5) is 21.5. The number of aryl methyl sites for hydroxylation is 1. The van der Waals surface area contributed by atoms with E-state index in [9.17, 15) is 4.79 Å². The molecule has 0 saturated carbocycles. The van der Waals surface area contributed by atoms with Crippen molar-refractivity contribution in [2.45, 2.75) is 32.4 Å². The first-order valence-electron chi connectivity index (χ1n) is 9.27. The van der Waals surface area contributed by atoms with Gasteiger partial charge in [0.05, 0.1) is 29.9 Å². The van der Waals surface area contributed by atoms with E-state index in [1.54, 1.807) is 7.11 Å². The van der Waals surface area contributed by atoms with E-state index in [-0.39, 0.29) is 18.1 Å². The number of ether oxygens (including phenoxy) is 1. The average molecular weight is 354 g/mol. The number of piperidine rings is 1. The number of anilines is 1. The molecular weight excluding hydrogens is 328 g/mol. The number of methoxy groups -OCH3 is 1. The molecule has 0 radical (unpaired) electrons. The summed E-state index contributed by atoms with van der Waals surface area (Å²) in [7, 11) is 1.67. The number of hydrogen-bond acceptors (Lipinski definition) is 4. The molecule has 0 spiro atoms. The number of rotatable bonds is 4. The first-order valence-corrected chi connectivity index (χ1v) is 9.27. The number of hydrogen-bond donors (Lipinski definition) is 1. The Morgan fingerprint density at radius 1 is 1.31 bits per heavy atom. The number of para-hydroxylation sites is 1. The van der Waals surface area contributed by atoms with Gasteiger partial charge in [0.25, 0.3) is 0 Å². The second-order valence-corrected chi connectivity index (χ2v) is 7.23. The summed E-state index contributed by atoms with van der Waals surface area (Å²) in [6.45, 7) is 7.21. The van der Waals surface area contributed by atoms with Crippen molar-refractivity contribution in [1.29, 1.82) is 0 Å². The second-order valence-electron chi connectivity index (χ2n) is 7.23. The van der Waals surface area contributed by atoms with Crippen LogP contribution in [0.3, 0.4) is 0 Å². The molecule has 2 aliphatic heterocycles. The molecule has 1 aromatic carbocycles. The van der Waals surface area contributed by atoms with E-state index in [0.717, 1.165) is 30.7 Å². The molecule has 2 aromatic rings. The molecule has 6 heteroatoms. The minimum absolute atomic E-state index is 0.0337. The van der Waals surface area contributed by atoms with E-state index < -0.39 is 0 Å². The molecule has 0 bridgehead atoms. The highest BCUT2D eigenvalue weighted by atomic mass is 16.5. The Hall–Kier alpha value is -2.34. The molecule has 0 aliphatic carbocycles. The molecule has 1 N–H and O–H groups in total. The predicted octanol–water partition coefficient (Wildman–Crippen LogP) is 2.47. The summed E-state index contributed by atoms with van der Waals surface area (Å²) in [6.07, 6.45) is 0.961. The number of carbonyl (C=O) groups is 1. The Morgan fingerprint density at radius 3 is 2.92 bits per heavy atom. The maximum absolute atomic E-state index is 12.4. The first-order chi connectivity index (χ1) is 12.6. The molecule has 2 aliphatic rings. The highest BCUT2D eigenvalue weighted by molar-refractivity contribution is 5.94. The topological polar surface area (TPSA) is 57.7 Å². The van der Waals surface area contributed by atoms with Gasteiger partial charge in [-0.15, -0.1) is 0 Å². The average Bonchev–Trinajstić information content (AvgIpc) is 2.95. The van der Waals surface area contributed by atoms with Gasteiger partial charge in [-0.1, -0.05) is 18.2 Å². The Bertz CT molecular complexity index is 838. The van der Waals surface area contributed by atoms with Gasteiger partial charge in [-0.3, -0.25) is 4.98 Å². The second kappa shape index (κ2) is 6.76. The minimum atomic E-state index is 0.0337. The van der Waals surface area contributed by atoms with E-state index in [0.29, 0.717) is 13.2 Å². The molecular formula is C20H26N4O2. The van der Waals surface area contributed by atoms with Crippen molar-refractivity contribution in [3.63, 3.8) is 0 Å². The fourth-order valence-corrected chi connectivity index (χ4v) is 4.32. The highest BCUT2D eigenvalue weighted by Gasteiger charge is 2.42. The molecule has 138 valence electrons. The number of carbonyl (C=O) groups excluding carboxylic acids is 1. The van der Waals surface area contributed by atoms with Gasteiger partial charge in [-0.25, -0.2) is 4.79 Å². The molecule has 0 unspecified atom stereocenters. The molecule has 2 saturated heterocycles. The summed E-state index contributed by atoms with van der Waals surface area (Å²) in [5.74, 6) is 0. The standard InChI is InChI=1S/C20H26N4O2/c1-13-14(2)21-16-7-5-4-6-15(16)19(13)23-9-8-18-17(12-23)22-20(25)24(18)10-11-26-3/h4-7,17-18H,8-12H2,1-3H3,(H,22,25)/t17-,18+/m1/s1.